The van der Waals surface area contributed by atoms with Crippen molar-refractivity contribution in [2.24, 2.45) is 0 Å². The number of ketones is 1. The van der Waals surface area contributed by atoms with Crippen LogP contribution < -0.4 is 0 Å². The third-order valence-corrected chi connectivity index (χ3v) is 4.24. The van der Waals surface area contributed by atoms with Gasteiger partial charge in [-0.2, -0.15) is 0 Å². The maximum Gasteiger partial charge on any atom is 0.380 e. The largest absolute Gasteiger partial charge is 0.507 e. The molecule has 3 rings (SSSR count). The van der Waals surface area contributed by atoms with Gasteiger partial charge in [-0.05, 0) is 42.0 Å². The quantitative estimate of drug-likeness (QED) is 0.359. The lowest BCUT2D eigenvalue weighted by Crippen LogP contribution is -2.08. The zero-order valence-electron chi connectivity index (χ0n) is 11.6. The number of benzene rings is 2. The van der Waals surface area contributed by atoms with E-state index in [1.165, 1.54) is 0 Å². The van der Waals surface area contributed by atoms with E-state index < -0.39 is 17.9 Å². The van der Waals surface area contributed by atoms with E-state index in [1.807, 2.05) is 0 Å². The predicted molar refractivity (Wildman–Crippen MR) is 89.0 cm³/mol. The van der Waals surface area contributed by atoms with Gasteiger partial charge in [0.1, 0.15) is 5.76 Å². The highest BCUT2D eigenvalue weighted by atomic mass is 79.9. The number of carbonyl (C=O) groups excluding carboxylic acids is 2. The highest BCUT2D eigenvalue weighted by Gasteiger charge is 2.42. The summed E-state index contributed by atoms with van der Waals surface area (Å²) < 4.78 is 5.98. The summed E-state index contributed by atoms with van der Waals surface area (Å²) in [7, 11) is 0. The molecule has 23 heavy (non-hydrogen) atoms. The summed E-state index contributed by atoms with van der Waals surface area (Å²) in [6.07, 6.45) is -0.932. The van der Waals surface area contributed by atoms with Gasteiger partial charge >= 0.3 is 5.97 Å². The highest BCUT2D eigenvalue weighted by Crippen LogP contribution is 2.37. The van der Waals surface area contributed by atoms with Gasteiger partial charge in [0.05, 0.1) is 5.57 Å². The molecule has 6 heteroatoms. The Morgan fingerprint density at radius 2 is 1.65 bits per heavy atom. The smallest absolute Gasteiger partial charge is 0.380 e. The molecule has 0 saturated carbocycles. The van der Waals surface area contributed by atoms with Crippen LogP contribution in [0.4, 0.5) is 0 Å². The number of esters is 1. The van der Waals surface area contributed by atoms with Crippen molar-refractivity contribution in [2.45, 2.75) is 6.10 Å². The van der Waals surface area contributed by atoms with Crippen LogP contribution in [-0.4, -0.2) is 16.9 Å². The molecule has 0 amide bonds. The lowest BCUT2D eigenvalue weighted by Gasteiger charge is -2.12. The fourth-order valence-corrected chi connectivity index (χ4v) is 2.71. The fraction of sp³-hybridized carbons (Fsp3) is 0.0588. The van der Waals surface area contributed by atoms with Crippen molar-refractivity contribution < 1.29 is 19.4 Å². The molecule has 1 saturated heterocycles. The number of hydrogen-bond donors (Lipinski definition) is 1. The lowest BCUT2D eigenvalue weighted by molar-refractivity contribution is -0.149. The van der Waals surface area contributed by atoms with Crippen LogP contribution in [0.25, 0.3) is 5.76 Å². The molecule has 1 atom stereocenters. The minimum Gasteiger partial charge on any atom is -0.507 e. The Morgan fingerprint density at radius 1 is 1.04 bits per heavy atom. The summed E-state index contributed by atoms with van der Waals surface area (Å²) in [5, 5.41) is 11.0. The molecular weight excluding hydrogens is 384 g/mol. The van der Waals surface area contributed by atoms with Crippen molar-refractivity contribution in [1.82, 2.24) is 0 Å². The summed E-state index contributed by atoms with van der Waals surface area (Å²) >= 11 is 9.14. The van der Waals surface area contributed by atoms with Crippen molar-refractivity contribution in [2.75, 3.05) is 0 Å². The molecule has 2 aromatic rings. The van der Waals surface area contributed by atoms with Gasteiger partial charge in [-0.15, -0.1) is 0 Å². The fourth-order valence-electron chi connectivity index (χ4n) is 2.32. The number of halogens is 2. The summed E-state index contributed by atoms with van der Waals surface area (Å²) in [6, 6.07) is 13.3. The topological polar surface area (TPSA) is 63.6 Å². The first-order chi connectivity index (χ1) is 11.0. The molecule has 2 aromatic carbocycles. The minimum absolute atomic E-state index is 0.0698. The van der Waals surface area contributed by atoms with Crippen LogP contribution in [-0.2, 0) is 14.3 Å². The van der Waals surface area contributed by atoms with Gasteiger partial charge in [-0.3, -0.25) is 4.79 Å². The van der Waals surface area contributed by atoms with Crippen molar-refractivity contribution in [3.8, 4) is 0 Å². The molecule has 0 aromatic heterocycles. The summed E-state index contributed by atoms with van der Waals surface area (Å²) in [4.78, 5) is 23.8. The predicted octanol–water partition coefficient (Wildman–Crippen LogP) is 4.24. The van der Waals surface area contributed by atoms with Crippen LogP contribution in [0.3, 0.4) is 0 Å². The van der Waals surface area contributed by atoms with E-state index in [2.05, 4.69) is 15.9 Å². The average molecular weight is 394 g/mol. The maximum absolute atomic E-state index is 12.1. The van der Waals surface area contributed by atoms with Crippen LogP contribution in [0.1, 0.15) is 17.2 Å². The van der Waals surface area contributed by atoms with E-state index in [9.17, 15) is 14.7 Å². The Morgan fingerprint density at radius 3 is 2.26 bits per heavy atom. The van der Waals surface area contributed by atoms with Gasteiger partial charge in [0.25, 0.3) is 5.78 Å². The standard InChI is InChI=1S/C17H10BrClO4/c18-11-5-1-10(2-6-11)16-13(15(21)17(22)23-16)14(20)9-3-7-12(19)8-4-9/h1-8,16,20H/t16-/m1/s1. The third kappa shape index (κ3) is 3.02. The average Bonchev–Trinajstić information content (AvgIpc) is 2.84. The molecule has 1 aliphatic heterocycles. The zero-order chi connectivity index (χ0) is 16.6. The van der Waals surface area contributed by atoms with E-state index in [4.69, 9.17) is 16.3 Å². The molecule has 116 valence electrons. The van der Waals surface area contributed by atoms with Crippen molar-refractivity contribution in [3.05, 3.63) is 74.7 Å². The van der Waals surface area contributed by atoms with Gasteiger partial charge in [-0.25, -0.2) is 4.79 Å². The Kier molecular flexibility index (Phi) is 4.24. The Hall–Kier alpha value is -2.11. The Bertz CT molecular complexity index is 809. The first kappa shape index (κ1) is 15.8. The molecule has 0 radical (unpaired) electrons. The van der Waals surface area contributed by atoms with Crippen LogP contribution >= 0.6 is 27.5 Å². The van der Waals surface area contributed by atoms with Gasteiger partial charge < -0.3 is 9.84 Å². The molecule has 0 bridgehead atoms. The second kappa shape index (κ2) is 6.18. The Balaban J connectivity index is 2.10. The van der Waals surface area contributed by atoms with Crippen LogP contribution in [0.5, 0.6) is 0 Å². The normalized spacial score (nSPS) is 19.7. The molecule has 0 unspecified atom stereocenters. The molecule has 1 N–H and O–H groups in total. The molecule has 0 spiro atoms. The van der Waals surface area contributed by atoms with Gasteiger partial charge in [-0.1, -0.05) is 39.7 Å². The van der Waals surface area contributed by atoms with Crippen molar-refractivity contribution in [1.29, 1.82) is 0 Å². The number of Topliss-reactive ketones (excluding diaryl/α,β-unsaturated/α-hetero) is 1. The first-order valence-corrected chi connectivity index (χ1v) is 7.84. The molecule has 1 fully saturated rings. The second-order valence-corrected chi connectivity index (χ2v) is 6.29. The molecule has 0 aliphatic carbocycles. The number of aliphatic hydroxyl groups excluding tert-OH is 1. The third-order valence-electron chi connectivity index (χ3n) is 3.46. The molecule has 4 nitrogen and oxygen atoms in total. The van der Waals surface area contributed by atoms with Gasteiger partial charge in [0.15, 0.2) is 6.10 Å². The second-order valence-electron chi connectivity index (χ2n) is 4.94. The number of ether oxygens (including phenoxy) is 1. The van der Waals surface area contributed by atoms with Gasteiger partial charge in [0.2, 0.25) is 0 Å². The summed E-state index contributed by atoms with van der Waals surface area (Å²) in [6.45, 7) is 0. The van der Waals surface area contributed by atoms with Gasteiger partial charge in [0, 0.05) is 15.1 Å². The van der Waals surface area contributed by atoms with E-state index in [0.29, 0.717) is 16.1 Å². The van der Waals surface area contributed by atoms with E-state index >= 15 is 0 Å². The van der Waals surface area contributed by atoms with Crippen molar-refractivity contribution >= 4 is 45.0 Å². The lowest BCUT2D eigenvalue weighted by atomic mass is 9.97. The van der Waals surface area contributed by atoms with E-state index in [0.717, 1.165) is 4.47 Å². The van der Waals surface area contributed by atoms with E-state index in [1.54, 1.807) is 48.5 Å². The maximum atomic E-state index is 12.1. The van der Waals surface area contributed by atoms with Crippen LogP contribution in [0.15, 0.2) is 58.6 Å². The number of carbonyl (C=O) groups is 2. The summed E-state index contributed by atoms with van der Waals surface area (Å²) in [5.41, 5.74) is 0.917. The Labute approximate surface area is 145 Å². The van der Waals surface area contributed by atoms with Crippen molar-refractivity contribution in [3.63, 3.8) is 0 Å². The number of cyclic esters (lactones) is 1. The zero-order valence-corrected chi connectivity index (χ0v) is 14.0. The van der Waals surface area contributed by atoms with E-state index in [-0.39, 0.29) is 11.3 Å². The van der Waals surface area contributed by atoms with Crippen LogP contribution in [0.2, 0.25) is 5.02 Å². The SMILES string of the molecule is O=C1O[C@H](c2ccc(Br)cc2)C(=C(O)c2ccc(Cl)cc2)C1=O. The molecule has 1 heterocycles. The first-order valence-electron chi connectivity index (χ1n) is 6.67. The number of hydrogen-bond acceptors (Lipinski definition) is 4. The number of aliphatic hydroxyl groups is 1. The number of rotatable bonds is 2. The molecule has 1 aliphatic rings. The van der Waals surface area contributed by atoms with Crippen LogP contribution in [0, 0.1) is 0 Å². The summed E-state index contributed by atoms with van der Waals surface area (Å²) in [5.74, 6) is -2.11. The minimum atomic E-state index is -0.978. The highest BCUT2D eigenvalue weighted by molar-refractivity contribution is 9.10. The monoisotopic (exact) mass is 392 g/mol. The molecular formula is C17H10BrClO4.